The lowest BCUT2D eigenvalue weighted by Gasteiger charge is -2.14. The largest absolute Gasteiger partial charge is 0.389 e. The van der Waals surface area contributed by atoms with Crippen LogP contribution in [0, 0.1) is 0 Å². The number of nitrogens with one attached hydrogen (secondary N) is 1. The Labute approximate surface area is 135 Å². The molecule has 0 aliphatic heterocycles. The van der Waals surface area contributed by atoms with Crippen molar-refractivity contribution in [3.8, 4) is 0 Å². The normalized spacial score (nSPS) is 20.0. The first-order valence-electron chi connectivity index (χ1n) is 6.99. The van der Waals surface area contributed by atoms with E-state index in [-0.39, 0.29) is 0 Å². The first-order valence-corrected chi connectivity index (χ1v) is 8.62. The molecule has 3 rings (SSSR count). The minimum absolute atomic E-state index is 0.458. The average Bonchev–Trinajstić information content (AvgIpc) is 3.26. The molecule has 0 amide bonds. The van der Waals surface area contributed by atoms with Crippen LogP contribution in [0.15, 0.2) is 53.4 Å². The third-order valence-corrected chi connectivity index (χ3v) is 4.84. The lowest BCUT2D eigenvalue weighted by atomic mass is 10.1. The van der Waals surface area contributed by atoms with Crippen molar-refractivity contribution in [2.75, 3.05) is 11.6 Å². The van der Waals surface area contributed by atoms with Gasteiger partial charge in [-0.2, -0.15) is 0 Å². The summed E-state index contributed by atoms with van der Waals surface area (Å²) in [6.45, 7) is 0. The van der Waals surface area contributed by atoms with Crippen LogP contribution in [-0.4, -0.2) is 17.3 Å². The molecule has 0 bridgehead atoms. The molecule has 1 aliphatic carbocycles. The third kappa shape index (κ3) is 3.06. The molecule has 21 heavy (non-hydrogen) atoms. The summed E-state index contributed by atoms with van der Waals surface area (Å²) >= 11 is 6.90. The molecule has 0 spiro atoms. The molecule has 2 atom stereocenters. The zero-order valence-corrected chi connectivity index (χ0v) is 13.5. The van der Waals surface area contributed by atoms with Crippen LogP contribution in [0.25, 0.3) is 0 Å². The van der Waals surface area contributed by atoms with Crippen LogP contribution in [0.5, 0.6) is 0 Å². The predicted octanol–water partition coefficient (Wildman–Crippen LogP) is 4.01. The lowest BCUT2D eigenvalue weighted by Crippen LogP contribution is -2.15. The van der Waals surface area contributed by atoms with Crippen molar-refractivity contribution < 1.29 is 0 Å². The molecule has 2 unspecified atom stereocenters. The molecule has 0 radical (unpaired) electrons. The fraction of sp³-hybridized carbons (Fsp3) is 0.235. The molecule has 2 nitrogen and oxygen atoms in total. The standard InChI is InChI=1S/C17H18N2S2/c1-21-15-9-5-8-13(16(15)17(18)20)19-14-10-12(14)11-6-3-2-4-7-11/h2-9,12,14,19H,10H2,1H3,(H2,18,20). The number of thioether (sulfide) groups is 1. The van der Waals surface area contributed by atoms with E-state index in [1.807, 2.05) is 6.26 Å². The molecule has 0 heterocycles. The van der Waals surface area contributed by atoms with Gasteiger partial charge in [-0.25, -0.2) is 0 Å². The summed E-state index contributed by atoms with van der Waals surface area (Å²) in [4.78, 5) is 1.59. The van der Waals surface area contributed by atoms with E-state index >= 15 is 0 Å². The molecular formula is C17H18N2S2. The van der Waals surface area contributed by atoms with E-state index in [9.17, 15) is 0 Å². The van der Waals surface area contributed by atoms with Crippen LogP contribution < -0.4 is 11.1 Å². The molecular weight excluding hydrogens is 296 g/mol. The molecule has 0 saturated heterocycles. The Hall–Kier alpha value is -1.52. The molecule has 0 aromatic heterocycles. The van der Waals surface area contributed by atoms with Gasteiger partial charge >= 0.3 is 0 Å². The van der Waals surface area contributed by atoms with Gasteiger partial charge < -0.3 is 11.1 Å². The maximum atomic E-state index is 5.91. The Morgan fingerprint density at radius 3 is 2.62 bits per heavy atom. The molecule has 3 N–H and O–H groups in total. The van der Waals surface area contributed by atoms with E-state index in [0.29, 0.717) is 16.9 Å². The number of benzene rings is 2. The Bertz CT molecular complexity index is 655. The van der Waals surface area contributed by atoms with E-state index in [1.54, 1.807) is 11.8 Å². The number of hydrogen-bond acceptors (Lipinski definition) is 3. The van der Waals surface area contributed by atoms with Gasteiger partial charge in [0, 0.05) is 28.1 Å². The van der Waals surface area contributed by atoms with Gasteiger partial charge in [0.25, 0.3) is 0 Å². The van der Waals surface area contributed by atoms with Gasteiger partial charge in [0.1, 0.15) is 4.99 Å². The van der Waals surface area contributed by atoms with Gasteiger partial charge in [-0.3, -0.25) is 0 Å². The highest BCUT2D eigenvalue weighted by Crippen LogP contribution is 2.43. The Morgan fingerprint density at radius 2 is 1.95 bits per heavy atom. The molecule has 108 valence electrons. The maximum absolute atomic E-state index is 5.91. The molecule has 1 saturated carbocycles. The topological polar surface area (TPSA) is 38.0 Å². The van der Waals surface area contributed by atoms with Crippen molar-refractivity contribution in [2.45, 2.75) is 23.3 Å². The molecule has 4 heteroatoms. The summed E-state index contributed by atoms with van der Waals surface area (Å²) in [6.07, 6.45) is 3.20. The van der Waals surface area contributed by atoms with E-state index in [0.717, 1.165) is 22.6 Å². The van der Waals surface area contributed by atoms with Crippen LogP contribution >= 0.6 is 24.0 Å². The van der Waals surface area contributed by atoms with Crippen molar-refractivity contribution in [3.63, 3.8) is 0 Å². The SMILES string of the molecule is CSc1cccc(NC2CC2c2ccccc2)c1C(N)=S. The highest BCUT2D eigenvalue weighted by atomic mass is 32.2. The summed E-state index contributed by atoms with van der Waals surface area (Å²) < 4.78 is 0. The van der Waals surface area contributed by atoms with Gasteiger partial charge in [-0.1, -0.05) is 48.6 Å². The lowest BCUT2D eigenvalue weighted by molar-refractivity contribution is 1.04. The quantitative estimate of drug-likeness (QED) is 0.646. The summed E-state index contributed by atoms with van der Waals surface area (Å²) in [7, 11) is 0. The zero-order chi connectivity index (χ0) is 14.8. The second-order valence-corrected chi connectivity index (χ2v) is 6.54. The van der Waals surface area contributed by atoms with Crippen molar-refractivity contribution in [1.82, 2.24) is 0 Å². The van der Waals surface area contributed by atoms with Crippen molar-refractivity contribution in [1.29, 1.82) is 0 Å². The smallest absolute Gasteiger partial charge is 0.107 e. The molecule has 2 aromatic carbocycles. The average molecular weight is 314 g/mol. The number of hydrogen-bond donors (Lipinski definition) is 2. The monoisotopic (exact) mass is 314 g/mol. The first kappa shape index (κ1) is 14.4. The minimum Gasteiger partial charge on any atom is -0.389 e. The van der Waals surface area contributed by atoms with Crippen LogP contribution in [-0.2, 0) is 0 Å². The van der Waals surface area contributed by atoms with Gasteiger partial charge in [-0.15, -0.1) is 11.8 Å². The molecule has 1 aliphatic rings. The van der Waals surface area contributed by atoms with Crippen molar-refractivity contribution in [2.24, 2.45) is 5.73 Å². The first-order chi connectivity index (χ1) is 10.2. The van der Waals surface area contributed by atoms with Crippen molar-refractivity contribution in [3.05, 3.63) is 59.7 Å². The van der Waals surface area contributed by atoms with Crippen LogP contribution in [0.3, 0.4) is 0 Å². The van der Waals surface area contributed by atoms with E-state index in [1.165, 1.54) is 5.56 Å². The van der Waals surface area contributed by atoms with Gasteiger partial charge in [-0.05, 0) is 30.4 Å². The fourth-order valence-corrected chi connectivity index (χ4v) is 3.62. The van der Waals surface area contributed by atoms with E-state index in [2.05, 4.69) is 53.8 Å². The van der Waals surface area contributed by atoms with Gasteiger partial charge in [0.15, 0.2) is 0 Å². The molecule has 2 aromatic rings. The third-order valence-electron chi connectivity index (χ3n) is 3.85. The summed E-state index contributed by atoms with van der Waals surface area (Å²) in [5.41, 5.74) is 9.33. The summed E-state index contributed by atoms with van der Waals surface area (Å²) in [6, 6.07) is 17.3. The van der Waals surface area contributed by atoms with E-state index in [4.69, 9.17) is 18.0 Å². The highest BCUT2D eigenvalue weighted by molar-refractivity contribution is 7.98. The zero-order valence-electron chi connectivity index (χ0n) is 11.9. The van der Waals surface area contributed by atoms with E-state index < -0.39 is 0 Å². The maximum Gasteiger partial charge on any atom is 0.107 e. The number of anilines is 1. The summed E-state index contributed by atoms with van der Waals surface area (Å²) in [5.74, 6) is 0.586. The van der Waals surface area contributed by atoms with Gasteiger partial charge in [0.2, 0.25) is 0 Å². The number of rotatable bonds is 5. The number of thiocarbonyl (C=S) groups is 1. The highest BCUT2D eigenvalue weighted by Gasteiger charge is 2.38. The second kappa shape index (κ2) is 6.08. The van der Waals surface area contributed by atoms with Crippen LogP contribution in [0.1, 0.15) is 23.5 Å². The minimum atomic E-state index is 0.458. The molecule has 1 fully saturated rings. The summed E-state index contributed by atoms with van der Waals surface area (Å²) in [5, 5.41) is 3.61. The number of nitrogens with two attached hydrogens (primary N) is 1. The van der Waals surface area contributed by atoms with Crippen LogP contribution in [0.2, 0.25) is 0 Å². The Kier molecular flexibility index (Phi) is 4.17. The van der Waals surface area contributed by atoms with Crippen LogP contribution in [0.4, 0.5) is 5.69 Å². The second-order valence-electron chi connectivity index (χ2n) is 5.25. The fourth-order valence-electron chi connectivity index (χ4n) is 2.70. The predicted molar refractivity (Wildman–Crippen MR) is 95.3 cm³/mol. The Balaban J connectivity index is 1.79. The van der Waals surface area contributed by atoms with Gasteiger partial charge in [0.05, 0.1) is 0 Å². The Morgan fingerprint density at radius 1 is 1.19 bits per heavy atom. The van der Waals surface area contributed by atoms with Crippen molar-refractivity contribution >= 4 is 34.7 Å².